The maximum absolute atomic E-state index is 11.8. The van der Waals surface area contributed by atoms with Crippen molar-refractivity contribution in [2.75, 3.05) is 19.0 Å². The Morgan fingerprint density at radius 1 is 1.35 bits per heavy atom. The van der Waals surface area contributed by atoms with Crippen LogP contribution in [-0.4, -0.2) is 24.2 Å². The number of methoxy groups -OCH3 is 1. The molecule has 1 aromatic heterocycles. The molecule has 0 aromatic carbocycles. The van der Waals surface area contributed by atoms with E-state index in [9.17, 15) is 9.59 Å². The number of nitrogens with zero attached hydrogens (tertiary/aromatic N) is 1. The molecular weight excluding hydrogens is 256 g/mol. The molecule has 0 amide bonds. The first kappa shape index (κ1) is 14.6. The highest BCUT2D eigenvalue weighted by Gasteiger charge is 2.13. The molecule has 0 saturated heterocycles. The Morgan fingerprint density at radius 3 is 3.00 bits per heavy atom. The third-order valence-corrected chi connectivity index (χ3v) is 3.67. The summed E-state index contributed by atoms with van der Waals surface area (Å²) < 4.78 is 6.44. The molecule has 1 N–H and O–H groups in total. The summed E-state index contributed by atoms with van der Waals surface area (Å²) in [5.74, 6) is 0.840. The van der Waals surface area contributed by atoms with Crippen molar-refractivity contribution in [2.24, 2.45) is 0 Å². The average Bonchev–Trinajstić information content (AvgIpc) is 2.49. The molecule has 1 aromatic rings. The van der Waals surface area contributed by atoms with E-state index in [4.69, 9.17) is 0 Å². The number of fused-ring (bicyclic) bond motifs is 1. The molecule has 0 spiro atoms. The van der Waals surface area contributed by atoms with Gasteiger partial charge < -0.3 is 10.1 Å². The Kier molecular flexibility index (Phi) is 5.21. The number of ether oxygens (including phenoxy) is 1. The summed E-state index contributed by atoms with van der Waals surface area (Å²) in [7, 11) is 1.42. The minimum atomic E-state index is -0.143. The van der Waals surface area contributed by atoms with E-state index in [1.165, 1.54) is 12.7 Å². The van der Waals surface area contributed by atoms with Crippen LogP contribution in [0.1, 0.15) is 37.7 Å². The zero-order valence-corrected chi connectivity index (χ0v) is 12.0. The van der Waals surface area contributed by atoms with Gasteiger partial charge in [0.15, 0.2) is 0 Å². The first-order valence-electron chi connectivity index (χ1n) is 7.26. The van der Waals surface area contributed by atoms with Crippen LogP contribution >= 0.6 is 0 Å². The number of unbranched alkanes of at least 4 members (excludes halogenated alkanes) is 2. The van der Waals surface area contributed by atoms with Crippen molar-refractivity contribution in [1.82, 2.24) is 4.57 Å². The Morgan fingerprint density at radius 2 is 2.20 bits per heavy atom. The summed E-state index contributed by atoms with van der Waals surface area (Å²) in [4.78, 5) is 22.8. The van der Waals surface area contributed by atoms with Crippen molar-refractivity contribution in [3.05, 3.63) is 28.0 Å². The fraction of sp³-hybridized carbons (Fsp3) is 0.600. The van der Waals surface area contributed by atoms with Gasteiger partial charge in [0.05, 0.1) is 7.11 Å². The van der Waals surface area contributed by atoms with Crippen LogP contribution in [0.5, 0.6) is 0 Å². The van der Waals surface area contributed by atoms with Gasteiger partial charge in [0.2, 0.25) is 0 Å². The number of nitrogens with one attached hydrogen (secondary N) is 1. The molecule has 1 aliphatic rings. The second-order valence-corrected chi connectivity index (χ2v) is 5.11. The van der Waals surface area contributed by atoms with E-state index in [0.717, 1.165) is 51.0 Å². The molecule has 0 saturated carbocycles. The predicted octanol–water partition coefficient (Wildman–Crippen LogP) is 1.94. The molecule has 0 unspecified atom stereocenters. The predicted molar refractivity (Wildman–Crippen MR) is 78.0 cm³/mol. The standard InChI is InChI=1S/C15H22N2O3/c1-20-14(19)7-4-2-3-6-12-8-9-13(18)17-11-5-10-16-15(12)17/h8-9,16H,2-7,10-11H2,1H3. The Bertz CT molecular complexity index is 522. The van der Waals surface area contributed by atoms with E-state index in [1.807, 2.05) is 10.6 Å². The SMILES string of the molecule is COC(=O)CCCCCc1ccc(=O)n2c1NCCC2. The minimum Gasteiger partial charge on any atom is -0.469 e. The second-order valence-electron chi connectivity index (χ2n) is 5.11. The van der Waals surface area contributed by atoms with Crippen molar-refractivity contribution in [3.63, 3.8) is 0 Å². The van der Waals surface area contributed by atoms with Gasteiger partial charge in [0, 0.05) is 25.6 Å². The third-order valence-electron chi connectivity index (χ3n) is 3.67. The lowest BCUT2D eigenvalue weighted by Gasteiger charge is -2.22. The average molecular weight is 278 g/mol. The normalized spacial score (nSPS) is 13.4. The van der Waals surface area contributed by atoms with Gasteiger partial charge in [-0.25, -0.2) is 0 Å². The highest BCUT2D eigenvalue weighted by atomic mass is 16.5. The number of hydrogen-bond donors (Lipinski definition) is 1. The lowest BCUT2D eigenvalue weighted by atomic mass is 10.1. The first-order valence-corrected chi connectivity index (χ1v) is 7.26. The summed E-state index contributed by atoms with van der Waals surface area (Å²) in [6.07, 6.45) is 5.28. The van der Waals surface area contributed by atoms with E-state index in [-0.39, 0.29) is 11.5 Å². The molecule has 0 radical (unpaired) electrons. The smallest absolute Gasteiger partial charge is 0.305 e. The van der Waals surface area contributed by atoms with Gasteiger partial charge in [0.1, 0.15) is 5.82 Å². The van der Waals surface area contributed by atoms with Crippen LogP contribution in [0, 0.1) is 0 Å². The zero-order valence-electron chi connectivity index (χ0n) is 12.0. The summed E-state index contributed by atoms with van der Waals surface area (Å²) in [6, 6.07) is 3.58. The first-order chi connectivity index (χ1) is 9.72. The molecule has 110 valence electrons. The van der Waals surface area contributed by atoms with Crippen LogP contribution < -0.4 is 10.9 Å². The number of esters is 1. The Balaban J connectivity index is 1.87. The molecule has 2 heterocycles. The molecule has 0 atom stereocenters. The molecule has 2 rings (SSSR count). The number of pyridine rings is 1. The van der Waals surface area contributed by atoms with Crippen LogP contribution in [0.4, 0.5) is 5.82 Å². The summed E-state index contributed by atoms with van der Waals surface area (Å²) in [5.41, 5.74) is 1.27. The number of carbonyl (C=O) groups excluding carboxylic acids is 1. The van der Waals surface area contributed by atoms with Crippen LogP contribution in [0.15, 0.2) is 16.9 Å². The maximum Gasteiger partial charge on any atom is 0.305 e. The molecule has 20 heavy (non-hydrogen) atoms. The maximum atomic E-state index is 11.8. The van der Waals surface area contributed by atoms with Gasteiger partial charge in [-0.3, -0.25) is 14.2 Å². The van der Waals surface area contributed by atoms with Gasteiger partial charge >= 0.3 is 5.97 Å². The minimum absolute atomic E-state index is 0.0710. The highest BCUT2D eigenvalue weighted by Crippen LogP contribution is 2.19. The van der Waals surface area contributed by atoms with Gasteiger partial charge in [0.25, 0.3) is 5.56 Å². The monoisotopic (exact) mass is 278 g/mol. The van der Waals surface area contributed by atoms with Crippen LogP contribution in [-0.2, 0) is 22.5 Å². The Hall–Kier alpha value is -1.78. The molecular formula is C15H22N2O3. The number of hydrogen-bond acceptors (Lipinski definition) is 4. The van der Waals surface area contributed by atoms with E-state index < -0.39 is 0 Å². The topological polar surface area (TPSA) is 60.3 Å². The van der Waals surface area contributed by atoms with Crippen molar-refractivity contribution in [1.29, 1.82) is 0 Å². The van der Waals surface area contributed by atoms with Crippen molar-refractivity contribution in [2.45, 2.75) is 45.1 Å². The van der Waals surface area contributed by atoms with Gasteiger partial charge in [-0.1, -0.05) is 6.42 Å². The van der Waals surface area contributed by atoms with Crippen LogP contribution in [0.2, 0.25) is 0 Å². The number of anilines is 1. The quantitative estimate of drug-likeness (QED) is 0.638. The van der Waals surface area contributed by atoms with E-state index in [2.05, 4.69) is 10.1 Å². The number of rotatable bonds is 6. The van der Waals surface area contributed by atoms with E-state index in [1.54, 1.807) is 6.07 Å². The largest absolute Gasteiger partial charge is 0.469 e. The summed E-state index contributed by atoms with van der Waals surface area (Å²) in [6.45, 7) is 1.73. The summed E-state index contributed by atoms with van der Waals surface area (Å²) >= 11 is 0. The fourth-order valence-electron chi connectivity index (χ4n) is 2.56. The lowest BCUT2D eigenvalue weighted by molar-refractivity contribution is -0.140. The Labute approximate surface area is 118 Å². The van der Waals surface area contributed by atoms with Gasteiger partial charge in [-0.15, -0.1) is 0 Å². The van der Waals surface area contributed by atoms with Gasteiger partial charge in [-0.2, -0.15) is 0 Å². The molecule has 5 heteroatoms. The molecule has 1 aliphatic heterocycles. The number of aryl methyl sites for hydroxylation is 1. The number of aromatic nitrogens is 1. The van der Waals surface area contributed by atoms with Crippen LogP contribution in [0.25, 0.3) is 0 Å². The van der Waals surface area contributed by atoms with E-state index >= 15 is 0 Å². The highest BCUT2D eigenvalue weighted by molar-refractivity contribution is 5.68. The molecule has 0 fully saturated rings. The van der Waals surface area contributed by atoms with Gasteiger partial charge in [-0.05, 0) is 37.3 Å². The van der Waals surface area contributed by atoms with Crippen molar-refractivity contribution >= 4 is 11.8 Å². The second kappa shape index (κ2) is 7.12. The molecule has 0 aliphatic carbocycles. The lowest BCUT2D eigenvalue weighted by Crippen LogP contribution is -2.29. The molecule has 5 nitrogen and oxygen atoms in total. The van der Waals surface area contributed by atoms with E-state index in [0.29, 0.717) is 6.42 Å². The summed E-state index contributed by atoms with van der Waals surface area (Å²) in [5, 5.41) is 3.33. The molecule has 0 bridgehead atoms. The van der Waals surface area contributed by atoms with Crippen LogP contribution in [0.3, 0.4) is 0 Å². The fourth-order valence-corrected chi connectivity index (χ4v) is 2.56. The zero-order chi connectivity index (χ0) is 14.4. The number of carbonyl (C=O) groups is 1. The van der Waals surface area contributed by atoms with Crippen molar-refractivity contribution < 1.29 is 9.53 Å². The van der Waals surface area contributed by atoms with Crippen molar-refractivity contribution in [3.8, 4) is 0 Å². The third kappa shape index (κ3) is 3.62.